The van der Waals surface area contributed by atoms with Crippen molar-refractivity contribution in [1.82, 2.24) is 15.2 Å². The van der Waals surface area contributed by atoms with E-state index in [2.05, 4.69) is 15.2 Å². The molecule has 0 bridgehead atoms. The molecule has 0 aliphatic carbocycles. The van der Waals surface area contributed by atoms with Crippen molar-refractivity contribution in [2.45, 2.75) is 16.0 Å². The molecule has 1 N–H and O–H groups in total. The molecule has 7 heteroatoms. The molecule has 1 aromatic heterocycles. The first-order valence-corrected chi connectivity index (χ1v) is 11.1. The third-order valence-electron chi connectivity index (χ3n) is 5.17. The molecule has 2 aromatic carbocycles. The van der Waals surface area contributed by atoms with Crippen molar-refractivity contribution in [3.05, 3.63) is 89.9 Å². The molecule has 0 spiro atoms. The largest absolute Gasteiger partial charge is 0.379 e. The Morgan fingerprint density at radius 1 is 1.06 bits per heavy atom. The Morgan fingerprint density at radius 2 is 1.81 bits per heavy atom. The van der Waals surface area contributed by atoms with Gasteiger partial charge in [-0.1, -0.05) is 42.1 Å². The normalized spacial score (nSPS) is 15.4. The average molecular weight is 438 g/mol. The van der Waals surface area contributed by atoms with Gasteiger partial charge in [0, 0.05) is 30.7 Å². The van der Waals surface area contributed by atoms with Gasteiger partial charge in [-0.25, -0.2) is 9.37 Å². The van der Waals surface area contributed by atoms with Gasteiger partial charge in [-0.3, -0.25) is 9.69 Å². The van der Waals surface area contributed by atoms with Crippen LogP contribution in [0.3, 0.4) is 0 Å². The highest BCUT2D eigenvalue weighted by Gasteiger charge is 2.24. The Balaban J connectivity index is 1.49. The maximum Gasteiger partial charge on any atom is 0.254 e. The highest BCUT2D eigenvalue weighted by atomic mass is 32.2. The van der Waals surface area contributed by atoms with Crippen LogP contribution in [0.4, 0.5) is 4.39 Å². The van der Waals surface area contributed by atoms with Crippen molar-refractivity contribution >= 4 is 17.7 Å². The van der Waals surface area contributed by atoms with Crippen molar-refractivity contribution in [1.29, 1.82) is 0 Å². The number of nitrogens with one attached hydrogen (secondary N) is 1. The van der Waals surface area contributed by atoms with Crippen molar-refractivity contribution < 1.29 is 13.9 Å². The molecular weight excluding hydrogens is 413 g/mol. The summed E-state index contributed by atoms with van der Waals surface area (Å²) in [6, 6.07) is 19.8. The van der Waals surface area contributed by atoms with Crippen molar-refractivity contribution in [3.8, 4) is 0 Å². The van der Waals surface area contributed by atoms with Crippen LogP contribution in [0.25, 0.3) is 0 Å². The second-order valence-corrected chi connectivity index (χ2v) is 8.26. The zero-order valence-corrected chi connectivity index (χ0v) is 17.9. The Bertz CT molecular complexity index is 995. The molecule has 1 fully saturated rings. The number of carbonyl (C=O) groups is 1. The summed E-state index contributed by atoms with van der Waals surface area (Å²) in [6.45, 7) is 3.23. The maximum atomic E-state index is 13.4. The second kappa shape index (κ2) is 10.5. The number of carbonyl (C=O) groups excluding carboxylic acids is 1. The van der Waals surface area contributed by atoms with Gasteiger partial charge in [-0.2, -0.15) is 0 Å². The molecule has 1 amide bonds. The van der Waals surface area contributed by atoms with E-state index in [-0.39, 0.29) is 17.8 Å². The fourth-order valence-corrected chi connectivity index (χ4v) is 4.46. The van der Waals surface area contributed by atoms with Crippen LogP contribution in [0.1, 0.15) is 22.0 Å². The molecule has 1 saturated heterocycles. The lowest BCUT2D eigenvalue weighted by Gasteiger charge is -2.35. The second-order valence-electron chi connectivity index (χ2n) is 7.20. The third kappa shape index (κ3) is 5.70. The molecule has 2 heterocycles. The van der Waals surface area contributed by atoms with E-state index in [0.717, 1.165) is 23.5 Å². The number of hydrogen-bond acceptors (Lipinski definition) is 5. The van der Waals surface area contributed by atoms with E-state index >= 15 is 0 Å². The van der Waals surface area contributed by atoms with Crippen molar-refractivity contribution in [2.24, 2.45) is 0 Å². The van der Waals surface area contributed by atoms with Gasteiger partial charge in [-0.05, 0) is 42.0 Å². The average Bonchev–Trinajstić information content (AvgIpc) is 2.82. The number of aromatic nitrogens is 1. The van der Waals surface area contributed by atoms with Crippen molar-refractivity contribution in [3.63, 3.8) is 0 Å². The molecule has 3 aromatic rings. The van der Waals surface area contributed by atoms with Gasteiger partial charge in [0.05, 0.1) is 24.8 Å². The highest BCUT2D eigenvalue weighted by Crippen LogP contribution is 2.28. The number of ether oxygens (including phenoxy) is 1. The third-order valence-corrected chi connectivity index (χ3v) is 6.20. The first-order chi connectivity index (χ1) is 15.2. The molecule has 5 nitrogen and oxygen atoms in total. The molecule has 4 rings (SSSR count). The molecule has 1 atom stereocenters. The maximum absolute atomic E-state index is 13.4. The van der Waals surface area contributed by atoms with E-state index in [0.29, 0.717) is 30.3 Å². The lowest BCUT2D eigenvalue weighted by atomic mass is 10.0. The first kappa shape index (κ1) is 21.5. The van der Waals surface area contributed by atoms with Gasteiger partial charge in [-0.15, -0.1) is 0 Å². The number of nitrogens with zero attached hydrogens (tertiary/aromatic N) is 2. The van der Waals surface area contributed by atoms with Gasteiger partial charge < -0.3 is 10.1 Å². The van der Waals surface area contributed by atoms with Gasteiger partial charge in [0.25, 0.3) is 5.91 Å². The van der Waals surface area contributed by atoms with Crippen LogP contribution in [-0.2, 0) is 4.74 Å². The monoisotopic (exact) mass is 437 g/mol. The SMILES string of the molecule is O=C(NC[C@@H](c1ccc(F)cc1)N1CCOCC1)c1cccnc1Sc1ccccc1. The standard InChI is InChI=1S/C24H24FN3O2S/c25-19-10-8-18(9-11-19)22(28-13-15-30-16-14-28)17-27-23(29)21-7-4-12-26-24(21)31-20-5-2-1-3-6-20/h1-12,22H,13-17H2,(H,27,29)/t22-/m0/s1. The van der Waals surface area contributed by atoms with Gasteiger partial charge in [0.15, 0.2) is 0 Å². The zero-order valence-electron chi connectivity index (χ0n) is 17.0. The topological polar surface area (TPSA) is 54.5 Å². The smallest absolute Gasteiger partial charge is 0.254 e. The first-order valence-electron chi connectivity index (χ1n) is 10.2. The molecule has 31 heavy (non-hydrogen) atoms. The van der Waals surface area contributed by atoms with E-state index in [9.17, 15) is 9.18 Å². The van der Waals surface area contributed by atoms with Crippen LogP contribution >= 0.6 is 11.8 Å². The Morgan fingerprint density at radius 3 is 2.55 bits per heavy atom. The highest BCUT2D eigenvalue weighted by molar-refractivity contribution is 7.99. The summed E-state index contributed by atoms with van der Waals surface area (Å²) in [7, 11) is 0. The molecule has 0 radical (unpaired) electrons. The van der Waals surface area contributed by atoms with Gasteiger partial charge in [0.2, 0.25) is 0 Å². The van der Waals surface area contributed by atoms with E-state index in [1.165, 1.54) is 23.9 Å². The molecule has 1 aliphatic heterocycles. The van der Waals surface area contributed by atoms with Gasteiger partial charge in [0.1, 0.15) is 10.8 Å². The molecule has 1 aliphatic rings. The predicted molar refractivity (Wildman–Crippen MR) is 119 cm³/mol. The summed E-state index contributed by atoms with van der Waals surface area (Å²) in [6.07, 6.45) is 1.69. The van der Waals surface area contributed by atoms with E-state index in [4.69, 9.17) is 4.74 Å². The quantitative estimate of drug-likeness (QED) is 0.601. The molecule has 160 valence electrons. The predicted octanol–water partition coefficient (Wildman–Crippen LogP) is 4.18. The summed E-state index contributed by atoms with van der Waals surface area (Å²) < 4.78 is 18.9. The van der Waals surface area contributed by atoms with Crippen LogP contribution in [0, 0.1) is 5.82 Å². The summed E-state index contributed by atoms with van der Waals surface area (Å²) in [5, 5.41) is 3.73. The molecular formula is C24H24FN3O2S. The zero-order chi connectivity index (χ0) is 21.5. The summed E-state index contributed by atoms with van der Waals surface area (Å²) in [5.41, 5.74) is 1.50. The summed E-state index contributed by atoms with van der Waals surface area (Å²) in [5.74, 6) is -0.446. The van der Waals surface area contributed by atoms with Crippen LogP contribution in [-0.4, -0.2) is 48.6 Å². The number of benzene rings is 2. The van der Waals surface area contributed by atoms with Crippen LogP contribution < -0.4 is 5.32 Å². The van der Waals surface area contributed by atoms with E-state index in [1.807, 2.05) is 30.3 Å². The number of pyridine rings is 1. The van der Waals surface area contributed by atoms with E-state index < -0.39 is 0 Å². The number of amides is 1. The fraction of sp³-hybridized carbons (Fsp3) is 0.250. The minimum absolute atomic E-state index is 0.0599. The summed E-state index contributed by atoms with van der Waals surface area (Å²) >= 11 is 1.46. The molecule has 0 unspecified atom stereocenters. The minimum atomic E-state index is -0.272. The summed E-state index contributed by atoms with van der Waals surface area (Å²) in [4.78, 5) is 20.8. The minimum Gasteiger partial charge on any atom is -0.379 e. The number of morpholine rings is 1. The van der Waals surface area contributed by atoms with E-state index in [1.54, 1.807) is 30.5 Å². The molecule has 0 saturated carbocycles. The Kier molecular flexibility index (Phi) is 7.30. The lowest BCUT2D eigenvalue weighted by Crippen LogP contribution is -2.43. The number of rotatable bonds is 7. The van der Waals surface area contributed by atoms with Crippen LogP contribution in [0.2, 0.25) is 0 Å². The fourth-order valence-electron chi connectivity index (χ4n) is 3.56. The lowest BCUT2D eigenvalue weighted by molar-refractivity contribution is 0.0162. The van der Waals surface area contributed by atoms with Crippen LogP contribution in [0.15, 0.2) is 82.8 Å². The Hall–Kier alpha value is -2.74. The Labute approximate surface area is 185 Å². The van der Waals surface area contributed by atoms with Gasteiger partial charge >= 0.3 is 0 Å². The van der Waals surface area contributed by atoms with Crippen LogP contribution in [0.5, 0.6) is 0 Å². The van der Waals surface area contributed by atoms with Crippen molar-refractivity contribution in [2.75, 3.05) is 32.8 Å². The number of halogens is 1. The number of hydrogen-bond donors (Lipinski definition) is 1.